The molecule has 0 radical (unpaired) electrons. The monoisotopic (exact) mass is 489 g/mol. The van der Waals surface area contributed by atoms with Crippen molar-refractivity contribution < 1.29 is 0 Å². The van der Waals surface area contributed by atoms with Crippen molar-refractivity contribution in [3.8, 4) is 17.1 Å². The third-order valence-electron chi connectivity index (χ3n) is 6.68. The SMILES string of the molecule is c1ccc(N(c2ccccc2)c2ccc(-c3nc4cccnc4n3-c3cccc4cccnc34)cc2)cc1. The van der Waals surface area contributed by atoms with Gasteiger partial charge in [0.25, 0.3) is 0 Å². The van der Waals surface area contributed by atoms with Gasteiger partial charge in [-0.25, -0.2) is 9.97 Å². The number of nitrogens with zero attached hydrogens (tertiary/aromatic N) is 5. The van der Waals surface area contributed by atoms with Gasteiger partial charge in [0.05, 0.1) is 11.2 Å². The lowest BCUT2D eigenvalue weighted by Gasteiger charge is -2.25. The lowest BCUT2D eigenvalue weighted by atomic mass is 10.1. The molecule has 3 heterocycles. The van der Waals surface area contributed by atoms with Crippen molar-refractivity contribution in [2.24, 2.45) is 0 Å². The largest absolute Gasteiger partial charge is 0.311 e. The molecular weight excluding hydrogens is 466 g/mol. The molecule has 5 heteroatoms. The van der Waals surface area contributed by atoms with Crippen molar-refractivity contribution in [3.05, 3.63) is 140 Å². The first-order valence-electron chi connectivity index (χ1n) is 12.5. The highest BCUT2D eigenvalue weighted by Crippen LogP contribution is 2.36. The molecule has 0 unspecified atom stereocenters. The zero-order valence-electron chi connectivity index (χ0n) is 20.5. The minimum atomic E-state index is 0.805. The maximum atomic E-state index is 5.02. The van der Waals surface area contributed by atoms with E-state index in [0.717, 1.165) is 56.2 Å². The van der Waals surface area contributed by atoms with E-state index < -0.39 is 0 Å². The van der Waals surface area contributed by atoms with E-state index in [-0.39, 0.29) is 0 Å². The van der Waals surface area contributed by atoms with Crippen LogP contribution in [-0.4, -0.2) is 19.5 Å². The third kappa shape index (κ3) is 3.78. The fourth-order valence-corrected chi connectivity index (χ4v) is 4.96. The molecule has 0 bridgehead atoms. The highest BCUT2D eigenvalue weighted by molar-refractivity contribution is 5.90. The number of benzene rings is 4. The minimum absolute atomic E-state index is 0.805. The van der Waals surface area contributed by atoms with Gasteiger partial charge in [0.1, 0.15) is 11.3 Å². The molecule has 0 atom stereocenters. The van der Waals surface area contributed by atoms with Crippen molar-refractivity contribution in [1.29, 1.82) is 0 Å². The first kappa shape index (κ1) is 21.9. The van der Waals surface area contributed by atoms with Crippen molar-refractivity contribution >= 4 is 39.1 Å². The highest BCUT2D eigenvalue weighted by Gasteiger charge is 2.18. The Bertz CT molecular complexity index is 1810. The van der Waals surface area contributed by atoms with E-state index >= 15 is 0 Å². The Morgan fingerprint density at radius 1 is 0.526 bits per heavy atom. The summed E-state index contributed by atoms with van der Waals surface area (Å²) in [5.74, 6) is 0.828. The minimum Gasteiger partial charge on any atom is -0.311 e. The predicted molar refractivity (Wildman–Crippen MR) is 154 cm³/mol. The summed E-state index contributed by atoms with van der Waals surface area (Å²) < 4.78 is 2.12. The van der Waals surface area contributed by atoms with Crippen LogP contribution in [0.25, 0.3) is 39.1 Å². The topological polar surface area (TPSA) is 46.8 Å². The Morgan fingerprint density at radius 3 is 1.89 bits per heavy atom. The maximum absolute atomic E-state index is 5.02. The molecule has 4 aromatic carbocycles. The smallest absolute Gasteiger partial charge is 0.165 e. The van der Waals surface area contributed by atoms with E-state index in [2.05, 4.69) is 107 Å². The Hall–Kier alpha value is -5.29. The van der Waals surface area contributed by atoms with E-state index in [1.165, 1.54) is 0 Å². The van der Waals surface area contributed by atoms with Crippen molar-refractivity contribution in [1.82, 2.24) is 19.5 Å². The van der Waals surface area contributed by atoms with Gasteiger partial charge in [0.2, 0.25) is 0 Å². The van der Waals surface area contributed by atoms with Crippen LogP contribution in [-0.2, 0) is 0 Å². The predicted octanol–water partition coefficient (Wildman–Crippen LogP) is 8.11. The van der Waals surface area contributed by atoms with Gasteiger partial charge in [0.15, 0.2) is 5.65 Å². The maximum Gasteiger partial charge on any atom is 0.165 e. The molecule has 0 aliphatic rings. The lowest BCUT2D eigenvalue weighted by molar-refractivity contribution is 1.08. The summed E-state index contributed by atoms with van der Waals surface area (Å²) in [7, 11) is 0. The van der Waals surface area contributed by atoms with Crippen LogP contribution in [0.3, 0.4) is 0 Å². The standard InChI is InChI=1S/C33H23N5/c1-3-12-26(13-4-1)37(27-14-5-2-6-15-27)28-20-18-25(19-21-28)32-36-29-16-9-23-35-33(29)38(32)30-17-7-10-24-11-8-22-34-31(24)30/h1-23H. The number of aromatic nitrogens is 4. The second kappa shape index (κ2) is 9.30. The Balaban J connectivity index is 1.39. The molecule has 7 rings (SSSR count). The first-order valence-corrected chi connectivity index (χ1v) is 12.5. The molecule has 0 amide bonds. The third-order valence-corrected chi connectivity index (χ3v) is 6.68. The van der Waals surface area contributed by atoms with Crippen molar-refractivity contribution in [3.63, 3.8) is 0 Å². The van der Waals surface area contributed by atoms with Crippen LogP contribution in [0.15, 0.2) is 140 Å². The van der Waals surface area contributed by atoms with Crippen LogP contribution in [0.4, 0.5) is 17.1 Å². The zero-order chi connectivity index (χ0) is 25.3. The fraction of sp³-hybridized carbons (Fsp3) is 0. The molecule has 38 heavy (non-hydrogen) atoms. The molecule has 7 aromatic rings. The van der Waals surface area contributed by atoms with Crippen LogP contribution in [0.1, 0.15) is 0 Å². The van der Waals surface area contributed by atoms with Crippen LogP contribution in [0, 0.1) is 0 Å². The summed E-state index contributed by atoms with van der Waals surface area (Å²) in [4.78, 5) is 16.7. The van der Waals surface area contributed by atoms with Crippen LogP contribution in [0.5, 0.6) is 0 Å². The van der Waals surface area contributed by atoms with Gasteiger partial charge in [-0.15, -0.1) is 0 Å². The number of pyridine rings is 2. The fourth-order valence-electron chi connectivity index (χ4n) is 4.96. The van der Waals surface area contributed by atoms with Crippen LogP contribution < -0.4 is 4.90 Å². The summed E-state index contributed by atoms with van der Waals surface area (Å²) in [6, 6.07) is 43.5. The second-order valence-corrected chi connectivity index (χ2v) is 9.02. The van der Waals surface area contributed by atoms with Crippen molar-refractivity contribution in [2.45, 2.75) is 0 Å². The average molecular weight is 490 g/mol. The Morgan fingerprint density at radius 2 is 1.16 bits per heavy atom. The number of para-hydroxylation sites is 3. The quantitative estimate of drug-likeness (QED) is 0.245. The highest BCUT2D eigenvalue weighted by atomic mass is 15.1. The molecule has 0 saturated heterocycles. The lowest BCUT2D eigenvalue weighted by Crippen LogP contribution is -2.09. The van der Waals surface area contributed by atoms with E-state index in [1.54, 1.807) is 0 Å². The summed E-state index contributed by atoms with van der Waals surface area (Å²) in [6.45, 7) is 0. The van der Waals surface area contributed by atoms with Crippen LogP contribution >= 0.6 is 0 Å². The molecule has 0 aliphatic heterocycles. The molecular formula is C33H23N5. The van der Waals surface area contributed by atoms with Gasteiger partial charge in [-0.2, -0.15) is 0 Å². The number of fused-ring (bicyclic) bond motifs is 2. The van der Waals surface area contributed by atoms with E-state index in [4.69, 9.17) is 15.0 Å². The Labute approximate surface area is 220 Å². The van der Waals surface area contributed by atoms with Gasteiger partial charge in [0, 0.05) is 40.4 Å². The van der Waals surface area contributed by atoms with Gasteiger partial charge in [-0.1, -0.05) is 54.6 Å². The Kier molecular flexibility index (Phi) is 5.37. The summed E-state index contributed by atoms with van der Waals surface area (Å²) in [5, 5.41) is 1.07. The normalized spacial score (nSPS) is 11.2. The van der Waals surface area contributed by atoms with E-state index in [1.807, 2.05) is 42.7 Å². The second-order valence-electron chi connectivity index (χ2n) is 9.02. The molecule has 3 aromatic heterocycles. The first-order chi connectivity index (χ1) is 18.9. The number of anilines is 3. The summed E-state index contributed by atoms with van der Waals surface area (Å²) in [6.07, 6.45) is 3.64. The molecule has 180 valence electrons. The molecule has 0 aliphatic carbocycles. The molecule has 0 saturated carbocycles. The van der Waals surface area contributed by atoms with Gasteiger partial charge >= 0.3 is 0 Å². The number of hydrogen-bond donors (Lipinski definition) is 0. The number of imidazole rings is 1. The number of rotatable bonds is 5. The molecule has 0 fully saturated rings. The molecule has 0 spiro atoms. The number of hydrogen-bond acceptors (Lipinski definition) is 4. The van der Waals surface area contributed by atoms with Crippen LogP contribution in [0.2, 0.25) is 0 Å². The molecule has 5 nitrogen and oxygen atoms in total. The van der Waals surface area contributed by atoms with E-state index in [9.17, 15) is 0 Å². The average Bonchev–Trinajstić information content (AvgIpc) is 3.38. The zero-order valence-corrected chi connectivity index (χ0v) is 20.5. The van der Waals surface area contributed by atoms with Gasteiger partial charge in [-0.05, 0) is 72.8 Å². The van der Waals surface area contributed by atoms with Crippen molar-refractivity contribution in [2.75, 3.05) is 4.90 Å². The summed E-state index contributed by atoms with van der Waals surface area (Å²) in [5.41, 5.74) is 7.79. The van der Waals surface area contributed by atoms with Gasteiger partial charge < -0.3 is 4.90 Å². The van der Waals surface area contributed by atoms with Gasteiger partial charge in [-0.3, -0.25) is 9.55 Å². The molecule has 0 N–H and O–H groups in total. The van der Waals surface area contributed by atoms with E-state index in [0.29, 0.717) is 0 Å². The summed E-state index contributed by atoms with van der Waals surface area (Å²) >= 11 is 0.